The third-order valence-electron chi connectivity index (χ3n) is 4.28. The summed E-state index contributed by atoms with van der Waals surface area (Å²) in [5.41, 5.74) is 0.561. The molecule has 1 aromatic carbocycles. The van der Waals surface area contributed by atoms with Gasteiger partial charge in [0.05, 0.1) is 0 Å². The van der Waals surface area contributed by atoms with Crippen molar-refractivity contribution in [2.24, 2.45) is 0 Å². The van der Waals surface area contributed by atoms with Crippen LogP contribution in [0.3, 0.4) is 0 Å². The predicted octanol–water partition coefficient (Wildman–Crippen LogP) is 3.24. The molecule has 0 saturated carbocycles. The van der Waals surface area contributed by atoms with Crippen molar-refractivity contribution in [3.05, 3.63) is 53.1 Å². The second-order valence-electron chi connectivity index (χ2n) is 5.67. The van der Waals surface area contributed by atoms with Gasteiger partial charge in [-0.1, -0.05) is 33.2 Å². The SMILES string of the molecule is Brc1cccc(-c2noc(C3(n4cccn4)CCNCC3)n2)c1.Cl. The molecule has 0 aliphatic carbocycles. The molecule has 0 unspecified atom stereocenters. The molecule has 1 fully saturated rings. The van der Waals surface area contributed by atoms with E-state index >= 15 is 0 Å². The number of nitrogens with one attached hydrogen (secondary N) is 1. The number of halogens is 2. The molecular weight excluding hydrogens is 394 g/mol. The van der Waals surface area contributed by atoms with Crippen LogP contribution in [-0.2, 0) is 5.54 Å². The van der Waals surface area contributed by atoms with Gasteiger partial charge in [-0.15, -0.1) is 12.4 Å². The molecule has 24 heavy (non-hydrogen) atoms. The molecule has 8 heteroatoms. The Balaban J connectivity index is 0.00000169. The van der Waals surface area contributed by atoms with Gasteiger partial charge in [-0.05, 0) is 44.1 Å². The number of aromatic nitrogens is 4. The summed E-state index contributed by atoms with van der Waals surface area (Å²) < 4.78 is 8.60. The van der Waals surface area contributed by atoms with E-state index in [0.717, 1.165) is 36.0 Å². The molecule has 0 radical (unpaired) electrons. The highest BCUT2D eigenvalue weighted by Crippen LogP contribution is 2.34. The topological polar surface area (TPSA) is 68.8 Å². The van der Waals surface area contributed by atoms with Gasteiger partial charge < -0.3 is 9.84 Å². The van der Waals surface area contributed by atoms with E-state index in [2.05, 4.69) is 36.5 Å². The van der Waals surface area contributed by atoms with Gasteiger partial charge in [0, 0.05) is 22.4 Å². The van der Waals surface area contributed by atoms with E-state index in [4.69, 9.17) is 4.52 Å². The molecule has 1 N–H and O–H groups in total. The number of hydrogen-bond donors (Lipinski definition) is 1. The maximum Gasteiger partial charge on any atom is 0.255 e. The molecule has 4 rings (SSSR count). The molecule has 1 aliphatic rings. The minimum atomic E-state index is -0.369. The molecule has 3 aromatic rings. The van der Waals surface area contributed by atoms with Crippen LogP contribution in [0, 0.1) is 0 Å². The second-order valence-corrected chi connectivity index (χ2v) is 6.58. The lowest BCUT2D eigenvalue weighted by Crippen LogP contribution is -2.45. The first-order valence-corrected chi connectivity index (χ1v) is 8.38. The Labute approximate surface area is 154 Å². The molecule has 0 bridgehead atoms. The lowest BCUT2D eigenvalue weighted by atomic mass is 9.88. The summed E-state index contributed by atoms with van der Waals surface area (Å²) in [7, 11) is 0. The Morgan fingerprint density at radius 2 is 2.04 bits per heavy atom. The molecule has 1 saturated heterocycles. The highest BCUT2D eigenvalue weighted by Gasteiger charge is 2.41. The average Bonchev–Trinajstić information content (AvgIpc) is 3.28. The normalized spacial score (nSPS) is 16.5. The molecule has 126 valence electrons. The van der Waals surface area contributed by atoms with Gasteiger partial charge in [-0.2, -0.15) is 10.1 Å². The molecule has 0 atom stereocenters. The van der Waals surface area contributed by atoms with Crippen LogP contribution in [0.15, 0.2) is 51.7 Å². The quantitative estimate of drug-likeness (QED) is 0.718. The Hall–Kier alpha value is -1.70. The predicted molar refractivity (Wildman–Crippen MR) is 96.1 cm³/mol. The molecule has 3 heterocycles. The third kappa shape index (κ3) is 2.99. The zero-order chi connectivity index (χ0) is 15.7. The van der Waals surface area contributed by atoms with Crippen LogP contribution in [0.2, 0.25) is 0 Å². The van der Waals surface area contributed by atoms with Gasteiger partial charge in [0.15, 0.2) is 0 Å². The lowest BCUT2D eigenvalue weighted by Gasteiger charge is -2.34. The summed E-state index contributed by atoms with van der Waals surface area (Å²) in [6.45, 7) is 1.79. The van der Waals surface area contributed by atoms with Crippen molar-refractivity contribution in [2.45, 2.75) is 18.4 Å². The number of benzene rings is 1. The largest absolute Gasteiger partial charge is 0.336 e. The number of piperidine rings is 1. The van der Waals surface area contributed by atoms with Crippen molar-refractivity contribution in [3.8, 4) is 11.4 Å². The van der Waals surface area contributed by atoms with Gasteiger partial charge in [-0.3, -0.25) is 4.68 Å². The number of nitrogens with zero attached hydrogens (tertiary/aromatic N) is 4. The Morgan fingerprint density at radius 3 is 2.75 bits per heavy atom. The maximum absolute atomic E-state index is 5.66. The van der Waals surface area contributed by atoms with Crippen molar-refractivity contribution in [3.63, 3.8) is 0 Å². The highest BCUT2D eigenvalue weighted by molar-refractivity contribution is 9.10. The van der Waals surface area contributed by atoms with E-state index < -0.39 is 0 Å². The Bertz CT molecular complexity index is 798. The van der Waals surface area contributed by atoms with E-state index in [0.29, 0.717) is 11.7 Å². The average molecular weight is 411 g/mol. The van der Waals surface area contributed by atoms with E-state index in [1.807, 2.05) is 41.2 Å². The van der Waals surface area contributed by atoms with Gasteiger partial charge >= 0.3 is 0 Å². The first-order chi connectivity index (χ1) is 11.3. The summed E-state index contributed by atoms with van der Waals surface area (Å²) in [4.78, 5) is 4.69. The molecule has 0 spiro atoms. The van der Waals surface area contributed by atoms with Crippen molar-refractivity contribution >= 4 is 28.3 Å². The molecule has 1 aliphatic heterocycles. The number of hydrogen-bond acceptors (Lipinski definition) is 5. The summed E-state index contributed by atoms with van der Waals surface area (Å²) in [5, 5.41) is 12.0. The fourth-order valence-corrected chi connectivity index (χ4v) is 3.46. The van der Waals surface area contributed by atoms with Crippen LogP contribution >= 0.6 is 28.3 Å². The van der Waals surface area contributed by atoms with Crippen molar-refractivity contribution in [2.75, 3.05) is 13.1 Å². The van der Waals surface area contributed by atoms with Crippen LogP contribution in [0.1, 0.15) is 18.7 Å². The highest BCUT2D eigenvalue weighted by atomic mass is 79.9. The molecule has 2 aromatic heterocycles. The van der Waals surface area contributed by atoms with E-state index in [1.165, 1.54) is 0 Å². The van der Waals surface area contributed by atoms with Crippen molar-refractivity contribution < 1.29 is 4.52 Å². The van der Waals surface area contributed by atoms with Crippen LogP contribution in [0.4, 0.5) is 0 Å². The van der Waals surface area contributed by atoms with Crippen molar-refractivity contribution in [1.82, 2.24) is 25.2 Å². The van der Waals surface area contributed by atoms with E-state index in [-0.39, 0.29) is 17.9 Å². The third-order valence-corrected chi connectivity index (χ3v) is 4.77. The van der Waals surface area contributed by atoms with Gasteiger partial charge in [0.1, 0.15) is 5.54 Å². The molecule has 0 amide bonds. The first kappa shape index (κ1) is 17.1. The second kappa shape index (κ2) is 7.04. The maximum atomic E-state index is 5.66. The van der Waals surface area contributed by atoms with Gasteiger partial charge in [0.2, 0.25) is 5.82 Å². The fraction of sp³-hybridized carbons (Fsp3) is 0.312. The van der Waals surface area contributed by atoms with E-state index in [1.54, 1.807) is 6.20 Å². The summed E-state index contributed by atoms with van der Waals surface area (Å²) in [6, 6.07) is 9.82. The van der Waals surface area contributed by atoms with Gasteiger partial charge in [0.25, 0.3) is 5.89 Å². The van der Waals surface area contributed by atoms with Crippen molar-refractivity contribution in [1.29, 1.82) is 0 Å². The molecular formula is C16H17BrClN5O. The molecule has 6 nitrogen and oxygen atoms in total. The van der Waals surface area contributed by atoms with Crippen LogP contribution in [-0.4, -0.2) is 33.0 Å². The monoisotopic (exact) mass is 409 g/mol. The van der Waals surface area contributed by atoms with E-state index in [9.17, 15) is 0 Å². The minimum absolute atomic E-state index is 0. The Kier molecular flexibility index (Phi) is 5.03. The summed E-state index contributed by atoms with van der Waals surface area (Å²) in [6.07, 6.45) is 5.49. The van der Waals surface area contributed by atoms with Crippen LogP contribution in [0.5, 0.6) is 0 Å². The summed E-state index contributed by atoms with van der Waals surface area (Å²) in [5.74, 6) is 1.23. The summed E-state index contributed by atoms with van der Waals surface area (Å²) >= 11 is 3.48. The van der Waals surface area contributed by atoms with Gasteiger partial charge in [-0.25, -0.2) is 0 Å². The standard InChI is InChI=1S/C16H16BrN5O.ClH/c17-13-4-1-3-12(11-13)14-20-15(23-21-14)16(5-8-18-9-6-16)22-10-2-7-19-22;/h1-4,7,10-11,18H,5-6,8-9H2;1H. The lowest BCUT2D eigenvalue weighted by molar-refractivity contribution is 0.172. The first-order valence-electron chi connectivity index (χ1n) is 7.59. The number of rotatable bonds is 3. The van der Waals surface area contributed by atoms with Crippen LogP contribution < -0.4 is 5.32 Å². The minimum Gasteiger partial charge on any atom is -0.336 e. The fourth-order valence-electron chi connectivity index (χ4n) is 3.06. The zero-order valence-electron chi connectivity index (χ0n) is 12.9. The Morgan fingerprint density at radius 1 is 1.21 bits per heavy atom. The smallest absolute Gasteiger partial charge is 0.255 e. The van der Waals surface area contributed by atoms with Crippen LogP contribution in [0.25, 0.3) is 11.4 Å². The zero-order valence-corrected chi connectivity index (χ0v) is 15.3.